The molecule has 11 nitrogen and oxygen atoms in total. The SMILES string of the molecule is CCOc1cc(C(=O)N2CCCCC2C(=O)O)ccc1-c1nc(NN)c(N)c(=O)[nH]1. The lowest BCUT2D eigenvalue weighted by Crippen LogP contribution is -2.47. The molecule has 2 heterocycles. The van der Waals surface area contributed by atoms with Crippen molar-refractivity contribution in [2.24, 2.45) is 5.84 Å². The van der Waals surface area contributed by atoms with Gasteiger partial charge in [0.15, 0.2) is 5.82 Å². The number of H-pyrrole nitrogens is 1. The van der Waals surface area contributed by atoms with Gasteiger partial charge in [0.1, 0.15) is 23.3 Å². The maximum absolute atomic E-state index is 13.0. The summed E-state index contributed by atoms with van der Waals surface area (Å²) >= 11 is 0. The molecule has 3 rings (SSSR count). The molecule has 0 saturated carbocycles. The minimum atomic E-state index is -1.02. The van der Waals surface area contributed by atoms with E-state index in [0.29, 0.717) is 30.9 Å². The second-order valence-corrected chi connectivity index (χ2v) is 6.81. The molecule has 1 aromatic heterocycles. The Hall–Kier alpha value is -3.60. The number of carbonyl (C=O) groups excluding carboxylic acids is 1. The molecule has 160 valence electrons. The van der Waals surface area contributed by atoms with E-state index in [-0.39, 0.29) is 22.9 Å². The van der Waals surface area contributed by atoms with Gasteiger partial charge in [-0.05, 0) is 44.4 Å². The number of ether oxygens (including phenoxy) is 1. The Morgan fingerprint density at radius 1 is 1.40 bits per heavy atom. The second kappa shape index (κ2) is 8.82. The van der Waals surface area contributed by atoms with Crippen molar-refractivity contribution in [3.8, 4) is 17.1 Å². The van der Waals surface area contributed by atoms with E-state index in [1.165, 1.54) is 11.0 Å². The van der Waals surface area contributed by atoms with Crippen LogP contribution in [0, 0.1) is 0 Å². The zero-order valence-electron chi connectivity index (χ0n) is 16.5. The molecule has 1 unspecified atom stereocenters. The first-order valence-corrected chi connectivity index (χ1v) is 9.54. The van der Waals surface area contributed by atoms with Crippen LogP contribution in [0.15, 0.2) is 23.0 Å². The van der Waals surface area contributed by atoms with Crippen LogP contribution in [0.1, 0.15) is 36.5 Å². The summed E-state index contributed by atoms with van der Waals surface area (Å²) in [6.45, 7) is 2.45. The van der Waals surface area contributed by atoms with Crippen LogP contribution in [-0.2, 0) is 4.79 Å². The number of hydrazine groups is 1. The van der Waals surface area contributed by atoms with E-state index in [2.05, 4.69) is 15.4 Å². The number of carboxylic acid groups (broad SMARTS) is 1. The summed E-state index contributed by atoms with van der Waals surface area (Å²) in [4.78, 5) is 44.7. The molecule has 1 aliphatic rings. The van der Waals surface area contributed by atoms with Gasteiger partial charge in [0.2, 0.25) is 0 Å². The Labute approximate surface area is 172 Å². The Morgan fingerprint density at radius 2 is 2.17 bits per heavy atom. The molecule has 1 fully saturated rings. The highest BCUT2D eigenvalue weighted by Crippen LogP contribution is 2.31. The van der Waals surface area contributed by atoms with Gasteiger partial charge in [-0.15, -0.1) is 0 Å². The predicted molar refractivity (Wildman–Crippen MR) is 110 cm³/mol. The van der Waals surface area contributed by atoms with Crippen LogP contribution in [-0.4, -0.2) is 51.0 Å². The minimum Gasteiger partial charge on any atom is -0.493 e. The Kier molecular flexibility index (Phi) is 6.21. The molecular weight excluding hydrogens is 392 g/mol. The van der Waals surface area contributed by atoms with Crippen LogP contribution in [0.3, 0.4) is 0 Å². The molecule has 0 radical (unpaired) electrons. The molecule has 1 aliphatic heterocycles. The third kappa shape index (κ3) is 4.06. The van der Waals surface area contributed by atoms with Gasteiger partial charge in [-0.1, -0.05) is 0 Å². The normalized spacial score (nSPS) is 16.2. The first kappa shape index (κ1) is 21.1. The molecule has 0 aliphatic carbocycles. The summed E-state index contributed by atoms with van der Waals surface area (Å²) in [6.07, 6.45) is 1.93. The molecule has 30 heavy (non-hydrogen) atoms. The number of likely N-dealkylation sites (tertiary alicyclic amines) is 1. The number of aromatic nitrogens is 2. The lowest BCUT2D eigenvalue weighted by molar-refractivity contribution is -0.143. The van der Waals surface area contributed by atoms with Gasteiger partial charge < -0.3 is 30.9 Å². The van der Waals surface area contributed by atoms with E-state index in [1.807, 2.05) is 0 Å². The van der Waals surface area contributed by atoms with Crippen molar-refractivity contribution in [3.63, 3.8) is 0 Å². The molecule has 0 bridgehead atoms. The van der Waals surface area contributed by atoms with Crippen molar-refractivity contribution in [2.75, 3.05) is 24.3 Å². The number of rotatable bonds is 6. The lowest BCUT2D eigenvalue weighted by atomic mass is 10.00. The van der Waals surface area contributed by atoms with Gasteiger partial charge in [-0.2, -0.15) is 0 Å². The molecule has 1 amide bonds. The van der Waals surface area contributed by atoms with Crippen molar-refractivity contribution >= 4 is 23.4 Å². The fraction of sp³-hybridized carbons (Fsp3) is 0.368. The van der Waals surface area contributed by atoms with Crippen LogP contribution >= 0.6 is 0 Å². The smallest absolute Gasteiger partial charge is 0.326 e. The Morgan fingerprint density at radius 3 is 2.83 bits per heavy atom. The number of hydrogen-bond donors (Lipinski definition) is 5. The van der Waals surface area contributed by atoms with Crippen molar-refractivity contribution in [1.82, 2.24) is 14.9 Å². The number of nitrogens with zero attached hydrogens (tertiary/aromatic N) is 2. The van der Waals surface area contributed by atoms with Gasteiger partial charge in [-0.25, -0.2) is 15.6 Å². The molecule has 1 aromatic carbocycles. The highest BCUT2D eigenvalue weighted by molar-refractivity contribution is 5.97. The monoisotopic (exact) mass is 416 g/mol. The van der Waals surface area contributed by atoms with Crippen LogP contribution in [0.5, 0.6) is 5.75 Å². The number of nitrogens with one attached hydrogen (secondary N) is 2. The van der Waals surface area contributed by atoms with Gasteiger partial charge in [0.25, 0.3) is 11.5 Å². The van der Waals surface area contributed by atoms with E-state index in [4.69, 9.17) is 16.3 Å². The van der Waals surface area contributed by atoms with E-state index in [0.717, 1.165) is 12.8 Å². The number of carbonyl (C=O) groups is 2. The first-order chi connectivity index (χ1) is 14.4. The quantitative estimate of drug-likeness (QED) is 0.336. The molecule has 7 N–H and O–H groups in total. The summed E-state index contributed by atoms with van der Waals surface area (Å²) < 4.78 is 5.66. The third-order valence-corrected chi connectivity index (χ3v) is 4.92. The number of anilines is 2. The largest absolute Gasteiger partial charge is 0.493 e. The predicted octanol–water partition coefficient (Wildman–Crippen LogP) is 0.783. The maximum Gasteiger partial charge on any atom is 0.326 e. The van der Waals surface area contributed by atoms with Crippen molar-refractivity contribution < 1.29 is 19.4 Å². The van der Waals surface area contributed by atoms with E-state index in [1.54, 1.807) is 19.1 Å². The number of nitrogen functional groups attached to an aromatic ring is 2. The lowest BCUT2D eigenvalue weighted by Gasteiger charge is -2.33. The highest BCUT2D eigenvalue weighted by atomic mass is 16.5. The number of nitrogens with two attached hydrogens (primary N) is 2. The molecule has 1 saturated heterocycles. The number of carboxylic acids is 1. The van der Waals surface area contributed by atoms with Crippen LogP contribution in [0.25, 0.3) is 11.4 Å². The van der Waals surface area contributed by atoms with Gasteiger partial charge in [0, 0.05) is 12.1 Å². The zero-order chi connectivity index (χ0) is 21.8. The summed E-state index contributed by atoms with van der Waals surface area (Å²) in [5.41, 5.74) is 7.89. The number of hydrogen-bond acceptors (Lipinski definition) is 8. The number of piperidine rings is 1. The first-order valence-electron chi connectivity index (χ1n) is 9.54. The van der Waals surface area contributed by atoms with Crippen molar-refractivity contribution in [1.29, 1.82) is 0 Å². The summed E-state index contributed by atoms with van der Waals surface area (Å²) in [5, 5.41) is 9.45. The molecule has 2 aromatic rings. The van der Waals surface area contributed by atoms with Gasteiger partial charge in [-0.3, -0.25) is 9.59 Å². The average molecular weight is 416 g/mol. The fourth-order valence-corrected chi connectivity index (χ4v) is 3.44. The van der Waals surface area contributed by atoms with Crippen LogP contribution < -0.4 is 27.3 Å². The second-order valence-electron chi connectivity index (χ2n) is 6.81. The van der Waals surface area contributed by atoms with Crippen molar-refractivity contribution in [2.45, 2.75) is 32.2 Å². The standard InChI is InChI=1S/C19H24N6O5/c1-2-30-13-9-10(18(27)25-8-4-3-5-12(25)19(28)29)6-7-11(13)15-22-16(24-21)14(20)17(26)23-15/h6-7,9,12H,2-5,8,20-21H2,1H3,(H,28,29)(H2,22,23,24,26). The summed E-state index contributed by atoms with van der Waals surface area (Å²) in [5.74, 6) is 4.44. The Bertz CT molecular complexity index is 1020. The van der Waals surface area contributed by atoms with E-state index >= 15 is 0 Å². The third-order valence-electron chi connectivity index (χ3n) is 4.92. The van der Waals surface area contributed by atoms with Gasteiger partial charge >= 0.3 is 5.97 Å². The minimum absolute atomic E-state index is 0.00830. The summed E-state index contributed by atoms with van der Waals surface area (Å²) in [6, 6.07) is 3.78. The van der Waals surface area contributed by atoms with Crippen molar-refractivity contribution in [3.05, 3.63) is 34.1 Å². The van der Waals surface area contributed by atoms with Gasteiger partial charge in [0.05, 0.1) is 12.2 Å². The molecule has 0 spiro atoms. The Balaban J connectivity index is 2.02. The zero-order valence-corrected chi connectivity index (χ0v) is 16.5. The number of amides is 1. The average Bonchev–Trinajstić information content (AvgIpc) is 2.75. The summed E-state index contributed by atoms with van der Waals surface area (Å²) in [7, 11) is 0. The fourth-order valence-electron chi connectivity index (χ4n) is 3.44. The van der Waals surface area contributed by atoms with E-state index in [9.17, 15) is 19.5 Å². The molecule has 11 heteroatoms. The van der Waals surface area contributed by atoms with E-state index < -0.39 is 23.5 Å². The number of benzene rings is 1. The van der Waals surface area contributed by atoms with Crippen LogP contribution in [0.4, 0.5) is 11.5 Å². The number of aromatic amines is 1. The van der Waals surface area contributed by atoms with Crippen LogP contribution in [0.2, 0.25) is 0 Å². The molecule has 1 atom stereocenters. The highest BCUT2D eigenvalue weighted by Gasteiger charge is 2.32. The number of aliphatic carboxylic acids is 1. The molecular formula is C19H24N6O5. The maximum atomic E-state index is 13.0. The topological polar surface area (TPSA) is 177 Å².